The van der Waals surface area contributed by atoms with Gasteiger partial charge in [-0.3, -0.25) is 4.79 Å². The van der Waals surface area contributed by atoms with Gasteiger partial charge in [0.05, 0.1) is 6.10 Å². The fraction of sp³-hybridized carbons (Fsp3) is 0.250. The van der Waals surface area contributed by atoms with Gasteiger partial charge in [0.1, 0.15) is 0 Å². The normalized spacial score (nSPS) is 12.1. The number of aliphatic hydroxyl groups excluding tert-OH is 1. The zero-order chi connectivity index (χ0) is 13.0. The van der Waals surface area contributed by atoms with Crippen LogP contribution in [0.15, 0.2) is 35.1 Å². The van der Waals surface area contributed by atoms with E-state index < -0.39 is 6.10 Å². The van der Waals surface area contributed by atoms with Crippen LogP contribution in [0.3, 0.4) is 0 Å². The van der Waals surface area contributed by atoms with Gasteiger partial charge in [0.15, 0.2) is 0 Å². The lowest BCUT2D eigenvalue weighted by Crippen LogP contribution is -2.30. The average molecular weight is 247 g/mol. The molecule has 6 nitrogen and oxygen atoms in total. The third-order valence-electron chi connectivity index (χ3n) is 2.31. The Balaban J connectivity index is 2.06. The van der Waals surface area contributed by atoms with Crippen LogP contribution in [-0.2, 0) is 0 Å². The van der Waals surface area contributed by atoms with E-state index in [1.54, 1.807) is 31.2 Å². The van der Waals surface area contributed by atoms with Crippen LogP contribution in [0, 0.1) is 0 Å². The summed E-state index contributed by atoms with van der Waals surface area (Å²) in [4.78, 5) is 11.7. The minimum absolute atomic E-state index is 0.226. The Bertz CT molecular complexity index is 506. The molecule has 1 heterocycles. The maximum atomic E-state index is 11.7. The largest absolute Gasteiger partial charge is 0.423 e. The van der Waals surface area contributed by atoms with Crippen molar-refractivity contribution < 1.29 is 14.3 Å². The Morgan fingerprint density at radius 1 is 1.44 bits per heavy atom. The highest BCUT2D eigenvalue weighted by molar-refractivity contribution is 5.94. The van der Waals surface area contributed by atoms with Crippen molar-refractivity contribution in [2.75, 3.05) is 6.54 Å². The van der Waals surface area contributed by atoms with Crippen molar-refractivity contribution in [2.45, 2.75) is 13.0 Å². The van der Waals surface area contributed by atoms with Gasteiger partial charge in [-0.15, -0.1) is 10.2 Å². The molecule has 0 fully saturated rings. The maximum Gasteiger partial charge on any atom is 0.251 e. The summed E-state index contributed by atoms with van der Waals surface area (Å²) in [5.74, 6) is 0.180. The maximum absolute atomic E-state index is 11.7. The van der Waals surface area contributed by atoms with Crippen molar-refractivity contribution in [3.05, 3.63) is 36.2 Å². The molecule has 1 unspecified atom stereocenters. The summed E-state index contributed by atoms with van der Waals surface area (Å²) < 4.78 is 5.04. The first-order chi connectivity index (χ1) is 8.66. The summed E-state index contributed by atoms with van der Waals surface area (Å²) in [6.45, 7) is 1.84. The number of carbonyl (C=O) groups is 1. The molecule has 94 valence electrons. The number of benzene rings is 1. The average Bonchev–Trinajstić information content (AvgIpc) is 2.90. The second-order valence-corrected chi connectivity index (χ2v) is 3.88. The van der Waals surface area contributed by atoms with E-state index in [-0.39, 0.29) is 12.5 Å². The van der Waals surface area contributed by atoms with E-state index in [1.807, 2.05) is 0 Å². The fourth-order valence-electron chi connectivity index (χ4n) is 1.41. The molecule has 0 aliphatic carbocycles. The van der Waals surface area contributed by atoms with Crippen LogP contribution in [0.2, 0.25) is 0 Å². The van der Waals surface area contributed by atoms with Gasteiger partial charge in [-0.2, -0.15) is 0 Å². The van der Waals surface area contributed by atoms with Crippen LogP contribution in [0.4, 0.5) is 0 Å². The van der Waals surface area contributed by atoms with E-state index in [1.165, 1.54) is 6.39 Å². The molecule has 2 N–H and O–H groups in total. The lowest BCUT2D eigenvalue weighted by Gasteiger charge is -2.07. The van der Waals surface area contributed by atoms with Crippen LogP contribution in [-0.4, -0.2) is 33.9 Å². The Morgan fingerprint density at radius 2 is 2.17 bits per heavy atom. The number of aromatic nitrogens is 2. The molecule has 1 aromatic heterocycles. The summed E-state index contributed by atoms with van der Waals surface area (Å²) in [6.07, 6.45) is 0.685. The zero-order valence-electron chi connectivity index (χ0n) is 9.83. The van der Waals surface area contributed by atoms with Crippen molar-refractivity contribution in [1.29, 1.82) is 0 Å². The van der Waals surface area contributed by atoms with Crippen LogP contribution in [0.25, 0.3) is 11.5 Å². The Hall–Kier alpha value is -2.21. The number of rotatable bonds is 4. The van der Waals surface area contributed by atoms with E-state index in [4.69, 9.17) is 9.52 Å². The Morgan fingerprint density at radius 3 is 2.72 bits per heavy atom. The summed E-state index contributed by atoms with van der Waals surface area (Å²) in [7, 11) is 0. The SMILES string of the molecule is CC(O)CNC(=O)c1ccc(-c2nnco2)cc1. The molecule has 1 aromatic carbocycles. The second-order valence-electron chi connectivity index (χ2n) is 3.88. The number of hydrogen-bond acceptors (Lipinski definition) is 5. The highest BCUT2D eigenvalue weighted by Gasteiger charge is 2.08. The van der Waals surface area contributed by atoms with Gasteiger partial charge in [-0.25, -0.2) is 0 Å². The van der Waals surface area contributed by atoms with E-state index in [2.05, 4.69) is 15.5 Å². The lowest BCUT2D eigenvalue weighted by atomic mass is 10.1. The minimum atomic E-state index is -0.563. The topological polar surface area (TPSA) is 88.2 Å². The first-order valence-corrected chi connectivity index (χ1v) is 5.49. The van der Waals surface area contributed by atoms with Gasteiger partial charge in [-0.1, -0.05) is 0 Å². The molecule has 0 saturated carbocycles. The van der Waals surface area contributed by atoms with Crippen molar-refractivity contribution >= 4 is 5.91 Å². The van der Waals surface area contributed by atoms with E-state index in [9.17, 15) is 4.79 Å². The third-order valence-corrected chi connectivity index (χ3v) is 2.31. The molecular formula is C12H13N3O3. The minimum Gasteiger partial charge on any atom is -0.423 e. The number of hydrogen-bond donors (Lipinski definition) is 2. The predicted molar refractivity (Wildman–Crippen MR) is 63.7 cm³/mol. The molecule has 2 rings (SSSR count). The first-order valence-electron chi connectivity index (χ1n) is 5.49. The first kappa shape index (κ1) is 12.3. The van der Waals surface area contributed by atoms with Gasteiger partial charge in [0.25, 0.3) is 5.91 Å². The van der Waals surface area contributed by atoms with Crippen molar-refractivity contribution in [2.24, 2.45) is 0 Å². The molecule has 2 aromatic rings. The highest BCUT2D eigenvalue weighted by atomic mass is 16.4. The third kappa shape index (κ3) is 2.92. The zero-order valence-corrected chi connectivity index (χ0v) is 9.83. The van der Waals surface area contributed by atoms with Crippen LogP contribution < -0.4 is 5.32 Å². The molecule has 1 atom stereocenters. The number of nitrogens with one attached hydrogen (secondary N) is 1. The monoisotopic (exact) mass is 247 g/mol. The van der Waals surface area contributed by atoms with Crippen molar-refractivity contribution in [3.8, 4) is 11.5 Å². The van der Waals surface area contributed by atoms with E-state index in [0.29, 0.717) is 11.5 Å². The van der Waals surface area contributed by atoms with Gasteiger partial charge in [-0.05, 0) is 31.2 Å². The highest BCUT2D eigenvalue weighted by Crippen LogP contribution is 2.16. The Kier molecular flexibility index (Phi) is 3.69. The van der Waals surface area contributed by atoms with Crippen molar-refractivity contribution in [1.82, 2.24) is 15.5 Å². The summed E-state index contributed by atoms with van der Waals surface area (Å²) in [6, 6.07) is 6.78. The molecule has 6 heteroatoms. The van der Waals surface area contributed by atoms with Crippen LogP contribution in [0.5, 0.6) is 0 Å². The summed E-state index contributed by atoms with van der Waals surface area (Å²) in [5, 5.41) is 19.0. The van der Waals surface area contributed by atoms with Gasteiger partial charge in [0.2, 0.25) is 12.3 Å². The number of carbonyl (C=O) groups excluding carboxylic acids is 1. The quantitative estimate of drug-likeness (QED) is 0.836. The molecule has 0 bridgehead atoms. The fourth-order valence-corrected chi connectivity index (χ4v) is 1.41. The summed E-state index contributed by atoms with van der Waals surface area (Å²) >= 11 is 0. The van der Waals surface area contributed by atoms with Crippen molar-refractivity contribution in [3.63, 3.8) is 0 Å². The molecular weight excluding hydrogens is 234 g/mol. The molecule has 0 saturated heterocycles. The lowest BCUT2D eigenvalue weighted by molar-refractivity contribution is 0.0924. The second kappa shape index (κ2) is 5.42. The molecule has 0 spiro atoms. The molecule has 0 aliphatic heterocycles. The molecule has 18 heavy (non-hydrogen) atoms. The number of aliphatic hydroxyl groups is 1. The summed E-state index contributed by atoms with van der Waals surface area (Å²) in [5.41, 5.74) is 1.26. The van der Waals surface area contributed by atoms with Gasteiger partial charge < -0.3 is 14.8 Å². The number of nitrogens with zero attached hydrogens (tertiary/aromatic N) is 2. The van der Waals surface area contributed by atoms with Crippen LogP contribution in [0.1, 0.15) is 17.3 Å². The smallest absolute Gasteiger partial charge is 0.251 e. The van der Waals surface area contributed by atoms with Gasteiger partial charge >= 0.3 is 0 Å². The molecule has 1 amide bonds. The van der Waals surface area contributed by atoms with Gasteiger partial charge in [0, 0.05) is 17.7 Å². The predicted octanol–water partition coefficient (Wildman–Crippen LogP) is 0.847. The molecule has 0 radical (unpaired) electrons. The number of amides is 1. The standard InChI is InChI=1S/C12H13N3O3/c1-8(16)6-13-11(17)9-2-4-10(5-3-9)12-15-14-7-18-12/h2-5,7-8,16H,6H2,1H3,(H,13,17). The Labute approximate surface area is 104 Å². The molecule has 0 aliphatic rings. The van der Waals surface area contributed by atoms with E-state index in [0.717, 1.165) is 5.56 Å². The van der Waals surface area contributed by atoms with Crippen LogP contribution >= 0.6 is 0 Å². The van der Waals surface area contributed by atoms with E-state index >= 15 is 0 Å².